The van der Waals surface area contributed by atoms with Gasteiger partial charge in [-0.1, -0.05) is 19.9 Å². The number of aliphatic hydroxyl groups is 1. The maximum Gasteiger partial charge on any atom is 0.251 e. The van der Waals surface area contributed by atoms with E-state index in [4.69, 9.17) is 0 Å². The van der Waals surface area contributed by atoms with Crippen molar-refractivity contribution in [3.05, 3.63) is 83.2 Å². The first-order valence-electron chi connectivity index (χ1n) is 12.7. The molecule has 1 aliphatic carbocycles. The molecule has 0 radical (unpaired) electrons. The van der Waals surface area contributed by atoms with Gasteiger partial charge in [-0.05, 0) is 66.6 Å². The Kier molecular flexibility index (Phi) is 7.12. The van der Waals surface area contributed by atoms with E-state index in [9.17, 15) is 9.90 Å². The summed E-state index contributed by atoms with van der Waals surface area (Å²) in [6.07, 6.45) is 6.10. The van der Waals surface area contributed by atoms with E-state index in [1.54, 1.807) is 42.9 Å². The minimum atomic E-state index is -1.33. The van der Waals surface area contributed by atoms with Crippen LogP contribution < -0.4 is 5.32 Å². The molecule has 3 heterocycles. The van der Waals surface area contributed by atoms with Crippen LogP contribution in [0.3, 0.4) is 0 Å². The van der Waals surface area contributed by atoms with Gasteiger partial charge in [0.05, 0.1) is 24.1 Å². The summed E-state index contributed by atoms with van der Waals surface area (Å²) >= 11 is 0. The molecule has 2 N–H and O–H groups in total. The summed E-state index contributed by atoms with van der Waals surface area (Å²) in [4.78, 5) is 22.1. The lowest BCUT2D eigenvalue weighted by molar-refractivity contribution is 0.0821. The predicted molar refractivity (Wildman–Crippen MR) is 140 cm³/mol. The Morgan fingerprint density at radius 3 is 2.68 bits per heavy atom. The lowest BCUT2D eigenvalue weighted by Crippen LogP contribution is -2.36. The second-order valence-electron chi connectivity index (χ2n) is 10.1. The highest BCUT2D eigenvalue weighted by molar-refractivity contribution is 5.98. The fourth-order valence-corrected chi connectivity index (χ4v) is 4.97. The number of benzene rings is 1. The highest BCUT2D eigenvalue weighted by Crippen LogP contribution is 2.38. The van der Waals surface area contributed by atoms with Crippen molar-refractivity contribution >= 4 is 16.8 Å². The zero-order valence-corrected chi connectivity index (χ0v) is 21.3. The van der Waals surface area contributed by atoms with Crippen molar-refractivity contribution in [3.63, 3.8) is 0 Å². The Hall–Kier alpha value is -3.85. The third kappa shape index (κ3) is 5.11. The third-order valence-corrected chi connectivity index (χ3v) is 7.39. The van der Waals surface area contributed by atoms with Gasteiger partial charge in [0, 0.05) is 41.4 Å². The molecule has 5 rings (SSSR count). The second-order valence-corrected chi connectivity index (χ2v) is 10.1. The zero-order chi connectivity index (χ0) is 26.9. The number of pyridine rings is 2. The standard InChI is InChI=1S/C29H29F2N5O2/c1-17(2)29(31)8-5-25-22(14-29)12-20-11-21(13-23(30)27(20)35-25)28(38)36-26(7-10-37)18-3-4-24(32-15-18)19-6-9-33-34-16-19/h3-4,6,9,11-13,15-17,26,37H,5,7-8,10,14H2,1-2H3,(H,36,38)/t26-,29+/m1/s1. The van der Waals surface area contributed by atoms with E-state index in [0.717, 1.165) is 11.1 Å². The third-order valence-electron chi connectivity index (χ3n) is 7.39. The van der Waals surface area contributed by atoms with E-state index >= 15 is 8.78 Å². The van der Waals surface area contributed by atoms with E-state index in [-0.39, 0.29) is 36.4 Å². The minimum absolute atomic E-state index is 0.123. The molecule has 7 nitrogen and oxygen atoms in total. The number of halogens is 2. The maximum atomic E-state index is 15.4. The molecule has 2 atom stereocenters. The lowest BCUT2D eigenvalue weighted by Gasteiger charge is -2.34. The monoisotopic (exact) mass is 517 g/mol. The number of carbonyl (C=O) groups is 1. The molecule has 1 amide bonds. The number of carbonyl (C=O) groups excluding carboxylic acids is 1. The summed E-state index contributed by atoms with van der Waals surface area (Å²) in [6.45, 7) is 3.57. The van der Waals surface area contributed by atoms with Gasteiger partial charge in [-0.25, -0.2) is 13.8 Å². The Bertz CT molecular complexity index is 1460. The summed E-state index contributed by atoms with van der Waals surface area (Å²) in [5, 5.41) is 20.6. The number of hydrogen-bond donors (Lipinski definition) is 2. The average molecular weight is 518 g/mol. The van der Waals surface area contributed by atoms with Gasteiger partial charge < -0.3 is 10.4 Å². The Morgan fingerprint density at radius 2 is 2.00 bits per heavy atom. The van der Waals surface area contributed by atoms with Gasteiger partial charge in [0.15, 0.2) is 0 Å². The van der Waals surface area contributed by atoms with Crippen molar-refractivity contribution in [2.75, 3.05) is 6.61 Å². The number of alkyl halides is 1. The largest absolute Gasteiger partial charge is 0.396 e. The summed E-state index contributed by atoms with van der Waals surface area (Å²) in [5.74, 6) is -1.24. The molecule has 0 spiro atoms. The van der Waals surface area contributed by atoms with Crippen LogP contribution in [0, 0.1) is 11.7 Å². The minimum Gasteiger partial charge on any atom is -0.396 e. The van der Waals surface area contributed by atoms with E-state index in [1.807, 2.05) is 19.9 Å². The second kappa shape index (κ2) is 10.5. The highest BCUT2D eigenvalue weighted by atomic mass is 19.1. The lowest BCUT2D eigenvalue weighted by atomic mass is 9.77. The topological polar surface area (TPSA) is 101 Å². The molecule has 1 aromatic carbocycles. The van der Waals surface area contributed by atoms with Crippen LogP contribution >= 0.6 is 0 Å². The molecular formula is C29H29F2N5O2. The molecule has 38 heavy (non-hydrogen) atoms. The van der Waals surface area contributed by atoms with Crippen LogP contribution in [0.15, 0.2) is 55.0 Å². The molecule has 0 saturated carbocycles. The summed E-state index contributed by atoms with van der Waals surface area (Å²) in [7, 11) is 0. The van der Waals surface area contributed by atoms with Gasteiger partial charge in [-0.3, -0.25) is 9.78 Å². The molecule has 4 aromatic rings. The number of aliphatic hydroxyl groups excluding tert-OH is 1. The summed E-state index contributed by atoms with van der Waals surface area (Å²) in [5.41, 5.74) is 2.63. The predicted octanol–water partition coefficient (Wildman–Crippen LogP) is 4.93. The molecule has 0 fully saturated rings. The smallest absolute Gasteiger partial charge is 0.251 e. The molecule has 0 saturated heterocycles. The Morgan fingerprint density at radius 1 is 1.16 bits per heavy atom. The van der Waals surface area contributed by atoms with E-state index in [2.05, 4.69) is 25.5 Å². The van der Waals surface area contributed by atoms with Crippen molar-refractivity contribution in [1.82, 2.24) is 25.5 Å². The molecular weight excluding hydrogens is 488 g/mol. The molecule has 1 aliphatic rings. The van der Waals surface area contributed by atoms with Gasteiger partial charge in [-0.2, -0.15) is 10.2 Å². The first-order valence-corrected chi connectivity index (χ1v) is 12.7. The highest BCUT2D eigenvalue weighted by Gasteiger charge is 2.38. The van der Waals surface area contributed by atoms with Crippen molar-refractivity contribution < 1.29 is 18.7 Å². The van der Waals surface area contributed by atoms with E-state index in [1.165, 1.54) is 6.07 Å². The van der Waals surface area contributed by atoms with Crippen LogP contribution in [0.2, 0.25) is 0 Å². The Labute approximate surface area is 219 Å². The molecule has 196 valence electrons. The zero-order valence-electron chi connectivity index (χ0n) is 21.3. The van der Waals surface area contributed by atoms with Crippen molar-refractivity contribution in [1.29, 1.82) is 0 Å². The summed E-state index contributed by atoms with van der Waals surface area (Å²) < 4.78 is 30.5. The van der Waals surface area contributed by atoms with Gasteiger partial charge in [0.25, 0.3) is 5.91 Å². The number of hydrogen-bond acceptors (Lipinski definition) is 6. The maximum absolute atomic E-state index is 15.4. The first kappa shape index (κ1) is 25.8. The van der Waals surface area contributed by atoms with Gasteiger partial charge in [-0.15, -0.1) is 0 Å². The quantitative estimate of drug-likeness (QED) is 0.361. The molecule has 0 aliphatic heterocycles. The van der Waals surface area contributed by atoms with Crippen LogP contribution in [0.1, 0.15) is 59.9 Å². The molecule has 0 unspecified atom stereocenters. The number of rotatable bonds is 7. The van der Waals surface area contributed by atoms with E-state index in [0.29, 0.717) is 35.2 Å². The van der Waals surface area contributed by atoms with E-state index < -0.39 is 23.4 Å². The molecule has 0 bridgehead atoms. The molecule has 9 heteroatoms. The van der Waals surface area contributed by atoms with Crippen molar-refractivity contribution in [2.45, 2.75) is 51.2 Å². The van der Waals surface area contributed by atoms with Crippen molar-refractivity contribution in [3.8, 4) is 11.3 Å². The number of amides is 1. The number of aromatic nitrogens is 4. The fraction of sp³-hybridized carbons (Fsp3) is 0.345. The van der Waals surface area contributed by atoms with Gasteiger partial charge in [0.2, 0.25) is 0 Å². The van der Waals surface area contributed by atoms with Crippen LogP contribution in [-0.2, 0) is 12.8 Å². The number of nitrogens with zero attached hydrogens (tertiary/aromatic N) is 4. The van der Waals surface area contributed by atoms with Crippen molar-refractivity contribution in [2.24, 2.45) is 5.92 Å². The van der Waals surface area contributed by atoms with Gasteiger partial charge in [0.1, 0.15) is 17.0 Å². The fourth-order valence-electron chi connectivity index (χ4n) is 4.97. The number of nitrogens with one attached hydrogen (secondary N) is 1. The normalized spacial score (nSPS) is 17.8. The van der Waals surface area contributed by atoms with Crippen LogP contribution in [0.25, 0.3) is 22.2 Å². The van der Waals surface area contributed by atoms with Crippen LogP contribution in [0.5, 0.6) is 0 Å². The van der Waals surface area contributed by atoms with Gasteiger partial charge >= 0.3 is 0 Å². The molecule has 3 aromatic heterocycles. The Balaban J connectivity index is 1.40. The number of aryl methyl sites for hydroxylation is 1. The summed E-state index contributed by atoms with van der Waals surface area (Å²) in [6, 6.07) is 9.38. The SMILES string of the molecule is CC(C)[C@]1(F)CCc2nc3c(F)cc(C(=O)N[C@H](CCO)c4ccc(-c5ccnnc5)nc4)cc3cc2C1. The first-order chi connectivity index (χ1) is 18.3. The van der Waals surface area contributed by atoms with Crippen LogP contribution in [-0.4, -0.2) is 43.5 Å². The number of fused-ring (bicyclic) bond motifs is 2. The van der Waals surface area contributed by atoms with Crippen LogP contribution in [0.4, 0.5) is 8.78 Å². The average Bonchev–Trinajstić information content (AvgIpc) is 2.92.